The van der Waals surface area contributed by atoms with Crippen LogP contribution in [0.15, 0.2) is 96.3 Å². The molecule has 1 aromatic heterocycles. The van der Waals surface area contributed by atoms with Gasteiger partial charge in [0.15, 0.2) is 10.9 Å². The van der Waals surface area contributed by atoms with Gasteiger partial charge in [-0.3, -0.25) is 19.0 Å². The standard InChI is InChI=1S/C29H27N3O4S/c1-20(33)26(31-21(2)34)17-22-13-15-25(16-14-22)36-28(35)19-37-29-30-18-27(23-9-5-3-6-10-23)32(29)24-11-7-4-8-12-24/h3-16,18,26H,17,19H2,1-2H3,(H,31,34)/t26-/m1/s1. The molecule has 1 N–H and O–H groups in total. The molecule has 0 aliphatic carbocycles. The Hall–Kier alpha value is -4.17. The highest BCUT2D eigenvalue weighted by Gasteiger charge is 2.17. The summed E-state index contributed by atoms with van der Waals surface area (Å²) in [7, 11) is 0. The van der Waals surface area contributed by atoms with E-state index in [1.807, 2.05) is 71.4 Å². The fourth-order valence-corrected chi connectivity index (χ4v) is 4.60. The Labute approximate surface area is 219 Å². The lowest BCUT2D eigenvalue weighted by Crippen LogP contribution is -2.40. The first-order valence-corrected chi connectivity index (χ1v) is 12.8. The second kappa shape index (κ2) is 12.2. The van der Waals surface area contributed by atoms with Crippen molar-refractivity contribution >= 4 is 29.4 Å². The molecule has 0 saturated heterocycles. The van der Waals surface area contributed by atoms with Gasteiger partial charge in [-0.15, -0.1) is 0 Å². The third-order valence-corrected chi connectivity index (χ3v) is 6.52. The first kappa shape index (κ1) is 25.9. The summed E-state index contributed by atoms with van der Waals surface area (Å²) in [6.07, 6.45) is 2.18. The van der Waals surface area contributed by atoms with Crippen molar-refractivity contribution < 1.29 is 19.1 Å². The second-order valence-electron chi connectivity index (χ2n) is 8.44. The molecule has 1 atom stereocenters. The summed E-state index contributed by atoms with van der Waals surface area (Å²) in [6.45, 7) is 2.82. The lowest BCUT2D eigenvalue weighted by Gasteiger charge is -2.15. The number of Topliss-reactive ketones (excluding diaryl/α,β-unsaturated/α-hetero) is 1. The van der Waals surface area contributed by atoms with Crippen LogP contribution in [0.2, 0.25) is 0 Å². The van der Waals surface area contributed by atoms with Crippen molar-refractivity contribution in [3.63, 3.8) is 0 Å². The zero-order valence-electron chi connectivity index (χ0n) is 20.6. The Kier molecular flexibility index (Phi) is 8.53. The number of amides is 1. The number of hydrogen-bond donors (Lipinski definition) is 1. The van der Waals surface area contributed by atoms with Crippen molar-refractivity contribution in [3.05, 3.63) is 96.7 Å². The van der Waals surface area contributed by atoms with Gasteiger partial charge in [-0.25, -0.2) is 4.98 Å². The van der Waals surface area contributed by atoms with Gasteiger partial charge in [0.25, 0.3) is 0 Å². The molecule has 1 amide bonds. The molecule has 8 heteroatoms. The zero-order chi connectivity index (χ0) is 26.2. The van der Waals surface area contributed by atoms with Crippen LogP contribution in [-0.4, -0.2) is 39.0 Å². The van der Waals surface area contributed by atoms with Crippen LogP contribution in [0.4, 0.5) is 0 Å². The lowest BCUT2D eigenvalue weighted by atomic mass is 10.0. The van der Waals surface area contributed by atoms with Crippen LogP contribution in [0.3, 0.4) is 0 Å². The van der Waals surface area contributed by atoms with Gasteiger partial charge in [0.05, 0.1) is 23.7 Å². The van der Waals surface area contributed by atoms with E-state index in [9.17, 15) is 14.4 Å². The molecule has 4 aromatic rings. The molecule has 0 aliphatic heterocycles. The molecule has 0 spiro atoms. The summed E-state index contributed by atoms with van der Waals surface area (Å²) in [5.74, 6) is -0.292. The van der Waals surface area contributed by atoms with E-state index in [2.05, 4.69) is 10.3 Å². The van der Waals surface area contributed by atoms with Crippen molar-refractivity contribution in [2.24, 2.45) is 0 Å². The Morgan fingerprint density at radius 2 is 1.57 bits per heavy atom. The topological polar surface area (TPSA) is 90.3 Å². The monoisotopic (exact) mass is 513 g/mol. The number of ketones is 1. The highest BCUT2D eigenvalue weighted by Crippen LogP contribution is 2.30. The third kappa shape index (κ3) is 6.95. The number of ether oxygens (including phenoxy) is 1. The van der Waals surface area contributed by atoms with Gasteiger partial charge in [0.2, 0.25) is 5.91 Å². The number of nitrogens with one attached hydrogen (secondary N) is 1. The summed E-state index contributed by atoms with van der Waals surface area (Å²) in [6, 6.07) is 26.2. The summed E-state index contributed by atoms with van der Waals surface area (Å²) in [4.78, 5) is 40.3. The molecule has 7 nitrogen and oxygen atoms in total. The number of carbonyl (C=O) groups excluding carboxylic acids is 3. The number of rotatable bonds is 10. The van der Waals surface area contributed by atoms with Crippen LogP contribution >= 0.6 is 11.8 Å². The number of hydrogen-bond acceptors (Lipinski definition) is 6. The predicted octanol–water partition coefficient (Wildman–Crippen LogP) is 4.87. The Morgan fingerprint density at radius 3 is 2.19 bits per heavy atom. The van der Waals surface area contributed by atoms with Crippen LogP contribution < -0.4 is 10.1 Å². The maximum absolute atomic E-state index is 12.6. The average Bonchev–Trinajstić information content (AvgIpc) is 3.33. The van der Waals surface area contributed by atoms with Gasteiger partial charge >= 0.3 is 5.97 Å². The highest BCUT2D eigenvalue weighted by atomic mass is 32.2. The predicted molar refractivity (Wildman–Crippen MR) is 144 cm³/mol. The van der Waals surface area contributed by atoms with Crippen molar-refractivity contribution in [1.29, 1.82) is 0 Å². The molecule has 0 saturated carbocycles. The minimum Gasteiger partial charge on any atom is -0.426 e. The number of nitrogens with zero attached hydrogens (tertiary/aromatic N) is 2. The van der Waals surface area contributed by atoms with E-state index in [1.165, 1.54) is 25.6 Å². The quantitative estimate of drug-likeness (QED) is 0.185. The normalized spacial score (nSPS) is 11.5. The van der Waals surface area contributed by atoms with Crippen LogP contribution in [-0.2, 0) is 20.8 Å². The van der Waals surface area contributed by atoms with E-state index in [0.717, 1.165) is 22.5 Å². The molecular weight excluding hydrogens is 486 g/mol. The number of esters is 1. The number of thioether (sulfide) groups is 1. The number of benzene rings is 3. The summed E-state index contributed by atoms with van der Waals surface area (Å²) in [5.41, 5.74) is 3.76. The Balaban J connectivity index is 1.42. The summed E-state index contributed by atoms with van der Waals surface area (Å²) in [5, 5.41) is 3.34. The summed E-state index contributed by atoms with van der Waals surface area (Å²) < 4.78 is 7.54. The fourth-order valence-electron chi connectivity index (χ4n) is 3.83. The van der Waals surface area contributed by atoms with Gasteiger partial charge in [0, 0.05) is 18.2 Å². The van der Waals surface area contributed by atoms with Crippen LogP contribution in [0, 0.1) is 0 Å². The first-order valence-electron chi connectivity index (χ1n) is 11.8. The average molecular weight is 514 g/mol. The minimum absolute atomic E-state index is 0.0781. The molecular formula is C29H27N3O4S. The smallest absolute Gasteiger partial charge is 0.321 e. The molecule has 0 aliphatic rings. The highest BCUT2D eigenvalue weighted by molar-refractivity contribution is 7.99. The molecule has 37 heavy (non-hydrogen) atoms. The van der Waals surface area contributed by atoms with Crippen molar-refractivity contribution in [2.75, 3.05) is 5.75 Å². The van der Waals surface area contributed by atoms with Gasteiger partial charge in [-0.05, 0) is 43.2 Å². The maximum Gasteiger partial charge on any atom is 0.321 e. The van der Waals surface area contributed by atoms with E-state index >= 15 is 0 Å². The van der Waals surface area contributed by atoms with Crippen molar-refractivity contribution in [1.82, 2.24) is 14.9 Å². The van der Waals surface area contributed by atoms with E-state index in [4.69, 9.17) is 4.74 Å². The van der Waals surface area contributed by atoms with E-state index < -0.39 is 12.0 Å². The maximum atomic E-state index is 12.6. The van der Waals surface area contributed by atoms with Crippen LogP contribution in [0.25, 0.3) is 16.9 Å². The Morgan fingerprint density at radius 1 is 0.919 bits per heavy atom. The van der Waals surface area contributed by atoms with Gasteiger partial charge in [0.1, 0.15) is 5.75 Å². The number of para-hydroxylation sites is 1. The second-order valence-corrected chi connectivity index (χ2v) is 9.38. The largest absolute Gasteiger partial charge is 0.426 e. The van der Waals surface area contributed by atoms with Gasteiger partial charge in [-0.2, -0.15) is 0 Å². The SMILES string of the molecule is CC(=O)N[C@H](Cc1ccc(OC(=O)CSc2ncc(-c3ccccc3)n2-c2ccccc2)cc1)C(C)=O. The molecule has 0 radical (unpaired) electrons. The fraction of sp³-hybridized carbons (Fsp3) is 0.172. The third-order valence-electron chi connectivity index (χ3n) is 5.60. The van der Waals surface area contributed by atoms with Crippen LogP contribution in [0.5, 0.6) is 5.75 Å². The molecule has 0 unspecified atom stereocenters. The minimum atomic E-state index is -0.587. The first-order chi connectivity index (χ1) is 17.9. The molecule has 1 heterocycles. The zero-order valence-corrected chi connectivity index (χ0v) is 21.4. The van der Waals surface area contributed by atoms with Gasteiger partial charge < -0.3 is 10.1 Å². The molecule has 0 bridgehead atoms. The molecule has 188 valence electrons. The van der Waals surface area contributed by atoms with Gasteiger partial charge in [-0.1, -0.05) is 72.4 Å². The van der Waals surface area contributed by atoms with E-state index in [1.54, 1.807) is 24.3 Å². The number of aromatic nitrogens is 2. The number of carbonyl (C=O) groups is 3. The van der Waals surface area contributed by atoms with Crippen molar-refractivity contribution in [3.8, 4) is 22.7 Å². The summed E-state index contributed by atoms with van der Waals surface area (Å²) >= 11 is 1.30. The van der Waals surface area contributed by atoms with Crippen molar-refractivity contribution in [2.45, 2.75) is 31.5 Å². The van der Waals surface area contributed by atoms with E-state index in [-0.39, 0.29) is 17.4 Å². The Bertz CT molecular complexity index is 1370. The van der Waals surface area contributed by atoms with E-state index in [0.29, 0.717) is 17.3 Å². The lowest BCUT2D eigenvalue weighted by molar-refractivity contribution is -0.131. The van der Waals surface area contributed by atoms with Crippen LogP contribution in [0.1, 0.15) is 19.4 Å². The molecule has 3 aromatic carbocycles. The molecule has 4 rings (SSSR count). The number of imidazole rings is 1. The molecule has 0 fully saturated rings.